The SMILES string of the molecule is CC(C)c1nnc2c3ccccc3nc(N3CCN(C(=O)c4ccoc4)C(C)C3)n12. The Balaban J connectivity index is 1.54. The molecule has 154 valence electrons. The third-order valence-electron chi connectivity index (χ3n) is 5.71. The van der Waals surface area contributed by atoms with E-state index in [1.165, 1.54) is 12.5 Å². The van der Waals surface area contributed by atoms with Crippen LogP contribution in [0.3, 0.4) is 0 Å². The van der Waals surface area contributed by atoms with E-state index in [0.717, 1.165) is 28.3 Å². The number of aromatic nitrogens is 4. The highest BCUT2D eigenvalue weighted by Gasteiger charge is 2.31. The van der Waals surface area contributed by atoms with E-state index in [2.05, 4.69) is 40.3 Å². The van der Waals surface area contributed by atoms with E-state index in [1.807, 2.05) is 29.2 Å². The molecule has 4 heterocycles. The molecular weight excluding hydrogens is 380 g/mol. The molecule has 1 amide bonds. The molecule has 0 saturated carbocycles. The molecule has 0 bridgehead atoms. The number of piperazine rings is 1. The van der Waals surface area contributed by atoms with Crippen LogP contribution in [0.4, 0.5) is 5.95 Å². The second kappa shape index (κ2) is 7.12. The topological polar surface area (TPSA) is 79.8 Å². The van der Waals surface area contributed by atoms with Crippen molar-refractivity contribution in [3.8, 4) is 0 Å². The maximum Gasteiger partial charge on any atom is 0.257 e. The van der Waals surface area contributed by atoms with Gasteiger partial charge in [-0.15, -0.1) is 10.2 Å². The molecule has 4 aromatic rings. The highest BCUT2D eigenvalue weighted by molar-refractivity contribution is 5.94. The van der Waals surface area contributed by atoms with Crippen molar-refractivity contribution in [1.29, 1.82) is 0 Å². The summed E-state index contributed by atoms with van der Waals surface area (Å²) >= 11 is 0. The quantitative estimate of drug-likeness (QED) is 0.521. The zero-order valence-electron chi connectivity index (χ0n) is 17.3. The molecule has 1 aromatic carbocycles. The fourth-order valence-electron chi connectivity index (χ4n) is 4.16. The van der Waals surface area contributed by atoms with Crippen LogP contribution in [0.25, 0.3) is 16.6 Å². The number of amides is 1. The fraction of sp³-hybridized carbons (Fsp3) is 0.364. The van der Waals surface area contributed by atoms with Crippen molar-refractivity contribution in [2.75, 3.05) is 24.5 Å². The van der Waals surface area contributed by atoms with Gasteiger partial charge >= 0.3 is 0 Å². The standard InChI is InChI=1S/C22H24N6O2/c1-14(2)19-24-25-20-17-6-4-5-7-18(17)23-22(28(19)20)26-9-10-27(15(3)12-26)21(29)16-8-11-30-13-16/h4-8,11,13-15H,9-10,12H2,1-3H3. The molecule has 1 fully saturated rings. The van der Waals surface area contributed by atoms with Gasteiger partial charge in [-0.25, -0.2) is 9.38 Å². The van der Waals surface area contributed by atoms with E-state index < -0.39 is 0 Å². The summed E-state index contributed by atoms with van der Waals surface area (Å²) in [5.74, 6) is 1.94. The number of furan rings is 1. The lowest BCUT2D eigenvalue weighted by atomic mass is 10.1. The van der Waals surface area contributed by atoms with Crippen LogP contribution >= 0.6 is 0 Å². The van der Waals surface area contributed by atoms with Gasteiger partial charge in [0.25, 0.3) is 5.91 Å². The lowest BCUT2D eigenvalue weighted by Gasteiger charge is -2.40. The van der Waals surface area contributed by atoms with E-state index in [1.54, 1.807) is 6.07 Å². The van der Waals surface area contributed by atoms with E-state index >= 15 is 0 Å². The molecule has 1 saturated heterocycles. The average Bonchev–Trinajstić information content (AvgIpc) is 3.43. The van der Waals surface area contributed by atoms with Crippen LogP contribution in [-0.2, 0) is 0 Å². The summed E-state index contributed by atoms with van der Waals surface area (Å²) in [5, 5.41) is 9.95. The number of rotatable bonds is 3. The second-order valence-electron chi connectivity index (χ2n) is 8.11. The molecule has 0 radical (unpaired) electrons. The first-order valence-electron chi connectivity index (χ1n) is 10.3. The lowest BCUT2D eigenvalue weighted by molar-refractivity contribution is 0.0672. The van der Waals surface area contributed by atoms with Crippen LogP contribution in [0, 0.1) is 0 Å². The van der Waals surface area contributed by atoms with Crippen LogP contribution in [0.1, 0.15) is 42.9 Å². The highest BCUT2D eigenvalue weighted by Crippen LogP contribution is 2.28. The number of hydrogen-bond donors (Lipinski definition) is 0. The average molecular weight is 404 g/mol. The number of fused-ring (bicyclic) bond motifs is 3. The van der Waals surface area contributed by atoms with Crippen LogP contribution < -0.4 is 4.90 Å². The third kappa shape index (κ3) is 2.91. The van der Waals surface area contributed by atoms with Gasteiger partial charge < -0.3 is 14.2 Å². The van der Waals surface area contributed by atoms with Crippen molar-refractivity contribution in [2.45, 2.75) is 32.7 Å². The van der Waals surface area contributed by atoms with E-state index in [0.29, 0.717) is 25.2 Å². The molecule has 5 rings (SSSR count). The first-order chi connectivity index (χ1) is 14.5. The number of carbonyl (C=O) groups is 1. The van der Waals surface area contributed by atoms with Crippen molar-refractivity contribution < 1.29 is 9.21 Å². The predicted molar refractivity (Wildman–Crippen MR) is 114 cm³/mol. The summed E-state index contributed by atoms with van der Waals surface area (Å²) < 4.78 is 7.16. The van der Waals surface area contributed by atoms with Gasteiger partial charge in [0.15, 0.2) is 5.65 Å². The maximum atomic E-state index is 12.8. The van der Waals surface area contributed by atoms with Gasteiger partial charge in [-0.3, -0.25) is 4.79 Å². The summed E-state index contributed by atoms with van der Waals surface area (Å²) in [6.07, 6.45) is 3.03. The normalized spacial score (nSPS) is 17.4. The fourth-order valence-corrected chi connectivity index (χ4v) is 4.16. The van der Waals surface area contributed by atoms with Crippen LogP contribution in [0.5, 0.6) is 0 Å². The summed E-state index contributed by atoms with van der Waals surface area (Å²) in [6.45, 7) is 8.27. The van der Waals surface area contributed by atoms with E-state index in [9.17, 15) is 4.79 Å². The molecule has 0 spiro atoms. The molecular formula is C22H24N6O2. The highest BCUT2D eigenvalue weighted by atomic mass is 16.3. The van der Waals surface area contributed by atoms with Gasteiger partial charge in [-0.1, -0.05) is 26.0 Å². The lowest BCUT2D eigenvalue weighted by Crippen LogP contribution is -2.54. The molecule has 0 N–H and O–H groups in total. The Bertz CT molecular complexity index is 1210. The zero-order valence-corrected chi connectivity index (χ0v) is 17.3. The van der Waals surface area contributed by atoms with Crippen molar-refractivity contribution >= 4 is 28.4 Å². The Hall–Kier alpha value is -3.42. The first kappa shape index (κ1) is 18.6. The molecule has 8 heteroatoms. The molecule has 1 aliphatic heterocycles. The monoisotopic (exact) mass is 404 g/mol. The van der Waals surface area contributed by atoms with Crippen LogP contribution in [0.2, 0.25) is 0 Å². The Morgan fingerprint density at radius 2 is 2.00 bits per heavy atom. The largest absolute Gasteiger partial charge is 0.472 e. The van der Waals surface area contributed by atoms with Gasteiger partial charge in [-0.2, -0.15) is 0 Å². The minimum absolute atomic E-state index is 0.000292. The number of hydrogen-bond acceptors (Lipinski definition) is 6. The van der Waals surface area contributed by atoms with Gasteiger partial charge in [0.05, 0.1) is 17.3 Å². The summed E-state index contributed by atoms with van der Waals surface area (Å²) in [5.41, 5.74) is 2.30. The predicted octanol–water partition coefficient (Wildman–Crippen LogP) is 3.34. The van der Waals surface area contributed by atoms with Gasteiger partial charge in [-0.05, 0) is 25.1 Å². The molecule has 1 unspecified atom stereocenters. The van der Waals surface area contributed by atoms with Crippen molar-refractivity contribution in [2.24, 2.45) is 0 Å². The molecule has 8 nitrogen and oxygen atoms in total. The second-order valence-corrected chi connectivity index (χ2v) is 8.11. The van der Waals surface area contributed by atoms with E-state index in [-0.39, 0.29) is 17.9 Å². The summed E-state index contributed by atoms with van der Waals surface area (Å²) in [4.78, 5) is 21.9. The summed E-state index contributed by atoms with van der Waals surface area (Å²) in [7, 11) is 0. The number of benzene rings is 1. The van der Waals surface area contributed by atoms with Crippen molar-refractivity contribution in [3.05, 3.63) is 54.2 Å². The molecule has 30 heavy (non-hydrogen) atoms. The minimum Gasteiger partial charge on any atom is -0.472 e. The Morgan fingerprint density at radius 1 is 1.17 bits per heavy atom. The summed E-state index contributed by atoms with van der Waals surface area (Å²) in [6, 6.07) is 9.76. The van der Waals surface area contributed by atoms with Gasteiger partial charge in [0.1, 0.15) is 12.1 Å². The molecule has 1 atom stereocenters. The van der Waals surface area contributed by atoms with Crippen molar-refractivity contribution in [1.82, 2.24) is 24.5 Å². The molecule has 3 aromatic heterocycles. The van der Waals surface area contributed by atoms with Crippen LogP contribution in [0.15, 0.2) is 47.3 Å². The Kier molecular flexibility index (Phi) is 4.42. The zero-order chi connectivity index (χ0) is 20.8. The Morgan fingerprint density at radius 3 is 2.73 bits per heavy atom. The molecule has 0 aliphatic carbocycles. The number of anilines is 1. The first-order valence-corrected chi connectivity index (χ1v) is 10.3. The minimum atomic E-state index is -0.000292. The van der Waals surface area contributed by atoms with Crippen LogP contribution in [-0.4, -0.2) is 56.1 Å². The van der Waals surface area contributed by atoms with Gasteiger partial charge in [0, 0.05) is 37.0 Å². The molecule has 1 aliphatic rings. The van der Waals surface area contributed by atoms with E-state index in [4.69, 9.17) is 9.40 Å². The smallest absolute Gasteiger partial charge is 0.257 e. The number of carbonyl (C=O) groups excluding carboxylic acids is 1. The number of para-hydroxylation sites is 1. The maximum absolute atomic E-state index is 12.8. The number of nitrogens with zero attached hydrogens (tertiary/aromatic N) is 6. The van der Waals surface area contributed by atoms with Crippen molar-refractivity contribution in [3.63, 3.8) is 0 Å². The van der Waals surface area contributed by atoms with Gasteiger partial charge in [0.2, 0.25) is 5.95 Å². The Labute approximate surface area is 174 Å². The third-order valence-corrected chi connectivity index (χ3v) is 5.71.